The molecule has 3 rings (SSSR count). The number of hydrogen-bond acceptors (Lipinski definition) is 5. The first-order chi connectivity index (χ1) is 17.8. The summed E-state index contributed by atoms with van der Waals surface area (Å²) in [5.41, 5.74) is 4.66. The molecule has 9 heteroatoms. The van der Waals surface area contributed by atoms with Crippen LogP contribution in [0.3, 0.4) is 0 Å². The van der Waals surface area contributed by atoms with Crippen LogP contribution < -0.4 is 16.0 Å². The highest BCUT2D eigenvalue weighted by Crippen LogP contribution is 2.31. The van der Waals surface area contributed by atoms with Gasteiger partial charge in [-0.25, -0.2) is 8.78 Å². The normalized spacial score (nSPS) is 18.4. The van der Waals surface area contributed by atoms with Crippen molar-refractivity contribution in [1.82, 2.24) is 16.0 Å². The van der Waals surface area contributed by atoms with Crippen LogP contribution in [0.2, 0.25) is 0 Å². The monoisotopic (exact) mass is 512 g/mol. The van der Waals surface area contributed by atoms with Gasteiger partial charge < -0.3 is 21.1 Å². The van der Waals surface area contributed by atoms with Crippen molar-refractivity contribution >= 4 is 23.8 Å². The number of carbonyl (C=O) groups excluding carboxylic acids is 1. The molecule has 1 aromatic rings. The smallest absolute Gasteiger partial charge is 0.303 e. The van der Waals surface area contributed by atoms with Crippen LogP contribution in [0, 0.1) is 11.7 Å². The predicted molar refractivity (Wildman–Crippen MR) is 140 cm³/mol. The van der Waals surface area contributed by atoms with Crippen molar-refractivity contribution in [3.8, 4) is 0 Å². The zero-order valence-corrected chi connectivity index (χ0v) is 21.2. The molecule has 2 unspecified atom stereocenters. The zero-order chi connectivity index (χ0) is 26.8. The molecule has 4 N–H and O–H groups in total. The average Bonchev–Trinajstić information content (AvgIpc) is 2.88. The number of nitrogens with zero attached hydrogens (tertiary/aromatic N) is 1. The maximum absolute atomic E-state index is 13.5. The van der Waals surface area contributed by atoms with Gasteiger partial charge in [0.15, 0.2) is 0 Å². The van der Waals surface area contributed by atoms with Crippen molar-refractivity contribution in [2.75, 3.05) is 6.67 Å². The van der Waals surface area contributed by atoms with Gasteiger partial charge in [0, 0.05) is 18.3 Å². The van der Waals surface area contributed by atoms with Gasteiger partial charge in [0.2, 0.25) is 5.91 Å². The lowest BCUT2D eigenvalue weighted by Crippen LogP contribution is -2.40. The van der Waals surface area contributed by atoms with E-state index in [0.717, 1.165) is 28.4 Å². The van der Waals surface area contributed by atoms with E-state index >= 15 is 0 Å². The first kappa shape index (κ1) is 27.8. The largest absolute Gasteiger partial charge is 0.481 e. The van der Waals surface area contributed by atoms with Crippen molar-refractivity contribution in [2.24, 2.45) is 10.9 Å². The van der Waals surface area contributed by atoms with Gasteiger partial charge in [-0.15, -0.1) is 0 Å². The number of allylic oxidation sites excluding steroid dienone is 3. The second-order valence-corrected chi connectivity index (χ2v) is 8.99. The molecule has 198 valence electrons. The SMILES string of the molecule is CC/C=C(\N=CCF)C(C)NC(=O)C1C=C2NC(CCCCC(=O)O)=C(c3ccc(F)cc3)NC2=CC1. The Bertz CT molecular complexity index is 1140. The van der Waals surface area contributed by atoms with Gasteiger partial charge in [0.25, 0.3) is 0 Å². The molecule has 37 heavy (non-hydrogen) atoms. The molecule has 7 nitrogen and oxygen atoms in total. The minimum atomic E-state index is -0.835. The van der Waals surface area contributed by atoms with Gasteiger partial charge in [-0.05, 0) is 74.9 Å². The van der Waals surface area contributed by atoms with E-state index in [9.17, 15) is 18.4 Å². The number of carbonyl (C=O) groups is 2. The minimum absolute atomic E-state index is 0.0880. The van der Waals surface area contributed by atoms with Crippen LogP contribution in [-0.4, -0.2) is 35.9 Å². The number of halogens is 2. The Balaban J connectivity index is 1.78. The quantitative estimate of drug-likeness (QED) is 0.234. The molecule has 0 radical (unpaired) electrons. The van der Waals surface area contributed by atoms with Crippen molar-refractivity contribution in [3.63, 3.8) is 0 Å². The van der Waals surface area contributed by atoms with Crippen LogP contribution in [0.5, 0.6) is 0 Å². The number of carboxylic acid groups (broad SMARTS) is 1. The molecule has 0 bridgehead atoms. The van der Waals surface area contributed by atoms with Crippen LogP contribution in [0.1, 0.15) is 57.9 Å². The standard InChI is InChI=1S/C28H34F2N4O3/c1-3-6-22(31-16-15-29)18(2)32-28(37)20-11-14-23-25(17-20)33-24(7-4-5-8-26(35)36)27(34-23)19-9-12-21(30)13-10-19/h6,9-10,12-14,16-18,20,33-34H,3-5,7-8,11,15H2,1-2H3,(H,32,37)(H,35,36)/b22-6-,31-16?. The fourth-order valence-electron chi connectivity index (χ4n) is 4.27. The molecule has 0 spiro atoms. The van der Waals surface area contributed by atoms with E-state index in [1.807, 2.05) is 32.1 Å². The maximum Gasteiger partial charge on any atom is 0.303 e. The fraction of sp³-hybridized carbons (Fsp3) is 0.393. The number of amides is 1. The van der Waals surface area contributed by atoms with Crippen LogP contribution in [0.25, 0.3) is 5.70 Å². The summed E-state index contributed by atoms with van der Waals surface area (Å²) in [5, 5.41) is 18.8. The molecule has 1 aliphatic heterocycles. The highest BCUT2D eigenvalue weighted by atomic mass is 19.1. The van der Waals surface area contributed by atoms with Crippen LogP contribution in [0.15, 0.2) is 70.3 Å². The van der Waals surface area contributed by atoms with Crippen LogP contribution in [-0.2, 0) is 9.59 Å². The number of unbranched alkanes of at least 4 members (excludes halogenated alkanes) is 1. The second kappa shape index (κ2) is 13.5. The summed E-state index contributed by atoms with van der Waals surface area (Å²) in [5.74, 6) is -1.74. The van der Waals surface area contributed by atoms with E-state index in [2.05, 4.69) is 20.9 Å². The van der Waals surface area contributed by atoms with Gasteiger partial charge in [-0.2, -0.15) is 0 Å². The van der Waals surface area contributed by atoms with Gasteiger partial charge in [-0.1, -0.05) is 19.1 Å². The van der Waals surface area contributed by atoms with Gasteiger partial charge in [0.05, 0.1) is 34.7 Å². The molecular formula is C28H34F2N4O3. The van der Waals surface area contributed by atoms with E-state index in [1.54, 1.807) is 12.1 Å². The number of nitrogens with one attached hydrogen (secondary N) is 3. The number of rotatable bonds is 12. The number of alkyl halides is 1. The van der Waals surface area contributed by atoms with Gasteiger partial charge in [0.1, 0.15) is 12.5 Å². The topological polar surface area (TPSA) is 103 Å². The van der Waals surface area contributed by atoms with E-state index in [1.165, 1.54) is 18.3 Å². The molecule has 1 aromatic carbocycles. The lowest BCUT2D eigenvalue weighted by atomic mass is 9.93. The molecule has 0 saturated carbocycles. The Morgan fingerprint density at radius 1 is 1.22 bits per heavy atom. The lowest BCUT2D eigenvalue weighted by molar-refractivity contribution is -0.137. The summed E-state index contributed by atoms with van der Waals surface area (Å²) in [6.07, 6.45) is 9.92. The molecule has 0 saturated heterocycles. The molecule has 0 aromatic heterocycles. The number of benzene rings is 1. The Morgan fingerprint density at radius 2 is 1.97 bits per heavy atom. The Kier molecular flexibility index (Phi) is 10.2. The number of fused-ring (bicyclic) bond motifs is 1. The van der Waals surface area contributed by atoms with Crippen molar-refractivity contribution in [1.29, 1.82) is 0 Å². The van der Waals surface area contributed by atoms with Crippen molar-refractivity contribution in [2.45, 2.75) is 58.4 Å². The summed E-state index contributed by atoms with van der Waals surface area (Å²) in [6, 6.07) is 5.81. The molecular weight excluding hydrogens is 478 g/mol. The number of hydrogen-bond donors (Lipinski definition) is 4. The van der Waals surface area contributed by atoms with Crippen LogP contribution >= 0.6 is 0 Å². The van der Waals surface area contributed by atoms with Crippen molar-refractivity contribution in [3.05, 3.63) is 76.7 Å². The Hall–Kier alpha value is -3.75. The Morgan fingerprint density at radius 3 is 2.65 bits per heavy atom. The second-order valence-electron chi connectivity index (χ2n) is 8.99. The number of aliphatic carboxylic acids is 1. The lowest BCUT2D eigenvalue weighted by Gasteiger charge is -2.32. The summed E-state index contributed by atoms with van der Waals surface area (Å²) in [6.45, 7) is 3.10. The minimum Gasteiger partial charge on any atom is -0.481 e. The zero-order valence-electron chi connectivity index (χ0n) is 21.2. The molecule has 1 amide bonds. The predicted octanol–water partition coefficient (Wildman–Crippen LogP) is 4.96. The first-order valence-electron chi connectivity index (χ1n) is 12.6. The summed E-state index contributed by atoms with van der Waals surface area (Å²) in [4.78, 5) is 28.1. The van der Waals surface area contributed by atoms with E-state index < -0.39 is 18.6 Å². The third kappa shape index (κ3) is 7.87. The number of carboxylic acids is 1. The van der Waals surface area contributed by atoms with Crippen molar-refractivity contribution < 1.29 is 23.5 Å². The molecule has 2 atom stereocenters. The summed E-state index contributed by atoms with van der Waals surface area (Å²) >= 11 is 0. The number of aliphatic imine (C=N–C) groups is 1. The van der Waals surface area contributed by atoms with Gasteiger partial charge >= 0.3 is 5.97 Å². The highest BCUT2D eigenvalue weighted by molar-refractivity contribution is 5.82. The molecule has 1 heterocycles. The average molecular weight is 513 g/mol. The molecule has 1 aliphatic carbocycles. The first-order valence-corrected chi connectivity index (χ1v) is 12.6. The van der Waals surface area contributed by atoms with E-state index in [-0.39, 0.29) is 24.2 Å². The maximum atomic E-state index is 13.5. The van der Waals surface area contributed by atoms with E-state index in [4.69, 9.17) is 5.11 Å². The van der Waals surface area contributed by atoms with E-state index in [0.29, 0.717) is 37.8 Å². The van der Waals surface area contributed by atoms with Crippen LogP contribution in [0.4, 0.5) is 8.78 Å². The molecule has 2 aliphatic rings. The highest BCUT2D eigenvalue weighted by Gasteiger charge is 2.28. The third-order valence-electron chi connectivity index (χ3n) is 6.14. The molecule has 0 fully saturated rings. The van der Waals surface area contributed by atoms with Gasteiger partial charge in [-0.3, -0.25) is 14.6 Å². The third-order valence-corrected chi connectivity index (χ3v) is 6.14. The summed E-state index contributed by atoms with van der Waals surface area (Å²) < 4.78 is 26.1. The fourth-order valence-corrected chi connectivity index (χ4v) is 4.27. The summed E-state index contributed by atoms with van der Waals surface area (Å²) in [7, 11) is 0. The Labute approximate surface area is 216 Å².